The molecule has 2 heterocycles. The first-order valence-corrected chi connectivity index (χ1v) is 9.05. The summed E-state index contributed by atoms with van der Waals surface area (Å²) in [5, 5.41) is 4.83. The molecule has 0 aliphatic heterocycles. The molecule has 0 amide bonds. The number of hydrogen-bond donors (Lipinski definition) is 2. The van der Waals surface area contributed by atoms with E-state index in [1.54, 1.807) is 20.0 Å². The van der Waals surface area contributed by atoms with Crippen molar-refractivity contribution in [3.63, 3.8) is 0 Å². The average Bonchev–Trinajstić information content (AvgIpc) is 2.94. The van der Waals surface area contributed by atoms with Crippen LogP contribution in [0.2, 0.25) is 0 Å². The molecule has 20 heavy (non-hydrogen) atoms. The van der Waals surface area contributed by atoms with Crippen molar-refractivity contribution in [2.24, 2.45) is 0 Å². The molecule has 8 heteroatoms. The summed E-state index contributed by atoms with van der Waals surface area (Å²) in [5.41, 5.74) is 0. The number of thiophene rings is 1. The van der Waals surface area contributed by atoms with E-state index >= 15 is 0 Å². The van der Waals surface area contributed by atoms with Crippen molar-refractivity contribution in [3.05, 3.63) is 38.4 Å². The summed E-state index contributed by atoms with van der Waals surface area (Å²) in [6.45, 7) is 2.40. The molecule has 0 aliphatic carbocycles. The Morgan fingerprint density at radius 2 is 2.15 bits per heavy atom. The van der Waals surface area contributed by atoms with Gasteiger partial charge in [0.25, 0.3) is 0 Å². The second-order valence-electron chi connectivity index (χ2n) is 4.18. The van der Waals surface area contributed by atoms with E-state index in [4.69, 9.17) is 4.42 Å². The van der Waals surface area contributed by atoms with Crippen molar-refractivity contribution >= 4 is 37.3 Å². The maximum absolute atomic E-state index is 12.3. The molecule has 2 aromatic heterocycles. The maximum atomic E-state index is 12.3. The summed E-state index contributed by atoms with van der Waals surface area (Å²) in [6.07, 6.45) is 0. The van der Waals surface area contributed by atoms with Crippen LogP contribution in [0, 0.1) is 6.92 Å². The number of nitrogens with one attached hydrogen (secondary N) is 2. The highest BCUT2D eigenvalue weighted by Crippen LogP contribution is 2.24. The fraction of sp³-hybridized carbons (Fsp3) is 0.333. The standard InChI is InChI=1S/C12H15BrN2O3S2/c1-8-12(5-9(18-8)6-14-2)20(16,17)15-7-11-10(13)3-4-19-11/h3-5,14-15H,6-7H2,1-2H3. The highest BCUT2D eigenvalue weighted by molar-refractivity contribution is 9.10. The Bertz CT molecular complexity index is 691. The van der Waals surface area contributed by atoms with Crippen LogP contribution in [0.4, 0.5) is 0 Å². The van der Waals surface area contributed by atoms with Gasteiger partial charge in [0.05, 0.1) is 6.54 Å². The van der Waals surface area contributed by atoms with Crippen LogP contribution in [0.3, 0.4) is 0 Å². The molecule has 0 unspecified atom stereocenters. The molecule has 0 spiro atoms. The van der Waals surface area contributed by atoms with Crippen molar-refractivity contribution < 1.29 is 12.8 Å². The van der Waals surface area contributed by atoms with Crippen LogP contribution in [-0.2, 0) is 23.1 Å². The number of rotatable bonds is 6. The van der Waals surface area contributed by atoms with E-state index in [1.165, 1.54) is 11.3 Å². The molecule has 2 aromatic rings. The summed E-state index contributed by atoms with van der Waals surface area (Å²) in [7, 11) is -1.79. The van der Waals surface area contributed by atoms with Crippen molar-refractivity contribution in [2.75, 3.05) is 7.05 Å². The average molecular weight is 379 g/mol. The molecule has 2 N–H and O–H groups in total. The minimum absolute atomic E-state index is 0.190. The number of furan rings is 1. The van der Waals surface area contributed by atoms with Gasteiger partial charge in [-0.25, -0.2) is 13.1 Å². The molecular formula is C12H15BrN2O3S2. The van der Waals surface area contributed by atoms with Gasteiger partial charge in [0.2, 0.25) is 10.0 Å². The summed E-state index contributed by atoms with van der Waals surface area (Å²) >= 11 is 4.87. The predicted molar refractivity (Wildman–Crippen MR) is 82.3 cm³/mol. The largest absolute Gasteiger partial charge is 0.464 e. The van der Waals surface area contributed by atoms with Crippen molar-refractivity contribution in [1.82, 2.24) is 10.0 Å². The predicted octanol–water partition coefficient (Wildman–Crippen LogP) is 2.61. The number of hydrogen-bond acceptors (Lipinski definition) is 5. The van der Waals surface area contributed by atoms with Gasteiger partial charge in [-0.05, 0) is 41.3 Å². The highest BCUT2D eigenvalue weighted by Gasteiger charge is 2.21. The second-order valence-corrected chi connectivity index (χ2v) is 7.77. The van der Waals surface area contributed by atoms with Crippen LogP contribution < -0.4 is 10.0 Å². The van der Waals surface area contributed by atoms with Gasteiger partial charge >= 0.3 is 0 Å². The van der Waals surface area contributed by atoms with Crippen molar-refractivity contribution in [1.29, 1.82) is 0 Å². The molecule has 0 saturated heterocycles. The Balaban J connectivity index is 2.16. The lowest BCUT2D eigenvalue weighted by atomic mass is 10.4. The highest BCUT2D eigenvalue weighted by atomic mass is 79.9. The minimum Gasteiger partial charge on any atom is -0.464 e. The summed E-state index contributed by atoms with van der Waals surface area (Å²) in [5.74, 6) is 0.996. The summed E-state index contributed by atoms with van der Waals surface area (Å²) in [6, 6.07) is 3.44. The van der Waals surface area contributed by atoms with Gasteiger partial charge in [-0.15, -0.1) is 11.3 Å². The van der Waals surface area contributed by atoms with E-state index in [9.17, 15) is 8.42 Å². The normalized spacial score (nSPS) is 11.9. The van der Waals surface area contributed by atoms with Gasteiger partial charge in [-0.1, -0.05) is 0 Å². The van der Waals surface area contributed by atoms with E-state index in [1.807, 2.05) is 11.4 Å². The van der Waals surface area contributed by atoms with Gasteiger partial charge in [0, 0.05) is 22.0 Å². The van der Waals surface area contributed by atoms with Crippen LogP contribution >= 0.6 is 27.3 Å². The molecule has 2 rings (SSSR count). The molecule has 0 bridgehead atoms. The van der Waals surface area contributed by atoms with Gasteiger partial charge in [0.15, 0.2) is 0 Å². The van der Waals surface area contributed by atoms with E-state index in [-0.39, 0.29) is 11.4 Å². The van der Waals surface area contributed by atoms with Crippen LogP contribution in [0.15, 0.2) is 31.3 Å². The van der Waals surface area contributed by atoms with Crippen LogP contribution in [0.1, 0.15) is 16.4 Å². The first kappa shape index (κ1) is 15.7. The fourth-order valence-electron chi connectivity index (χ4n) is 1.74. The van der Waals surface area contributed by atoms with Crippen LogP contribution in [0.25, 0.3) is 0 Å². The van der Waals surface area contributed by atoms with Crippen LogP contribution in [-0.4, -0.2) is 15.5 Å². The van der Waals surface area contributed by atoms with Gasteiger partial charge in [-0.2, -0.15) is 0 Å². The Hall–Kier alpha value is -0.670. The Labute approximate surface area is 130 Å². The molecule has 0 saturated carbocycles. The molecule has 110 valence electrons. The fourth-order valence-corrected chi connectivity index (χ4v) is 4.46. The lowest BCUT2D eigenvalue weighted by Gasteiger charge is -2.04. The van der Waals surface area contributed by atoms with E-state index in [0.717, 1.165) is 9.35 Å². The smallest absolute Gasteiger partial charge is 0.244 e. The number of aryl methyl sites for hydroxylation is 1. The third kappa shape index (κ3) is 3.50. The quantitative estimate of drug-likeness (QED) is 0.810. The zero-order valence-corrected chi connectivity index (χ0v) is 14.3. The number of sulfonamides is 1. The van der Waals surface area contributed by atoms with Crippen molar-refractivity contribution in [3.8, 4) is 0 Å². The summed E-state index contributed by atoms with van der Waals surface area (Å²) < 4.78 is 33.5. The third-order valence-corrected chi connectivity index (χ3v) is 6.11. The zero-order valence-electron chi connectivity index (χ0n) is 11.1. The molecule has 0 atom stereocenters. The first-order chi connectivity index (χ1) is 9.44. The lowest BCUT2D eigenvalue weighted by Crippen LogP contribution is -2.23. The van der Waals surface area contributed by atoms with E-state index < -0.39 is 10.0 Å². The maximum Gasteiger partial charge on any atom is 0.244 e. The molecule has 0 aliphatic rings. The second kappa shape index (κ2) is 6.40. The monoisotopic (exact) mass is 378 g/mol. The Morgan fingerprint density at radius 1 is 1.40 bits per heavy atom. The lowest BCUT2D eigenvalue weighted by molar-refractivity contribution is 0.465. The molecular weight excluding hydrogens is 364 g/mol. The number of halogens is 1. The Morgan fingerprint density at radius 3 is 2.75 bits per heavy atom. The minimum atomic E-state index is -3.57. The Kier molecular flexibility index (Phi) is 5.03. The van der Waals surface area contributed by atoms with Gasteiger partial charge in [0.1, 0.15) is 16.4 Å². The molecule has 0 aromatic carbocycles. The molecule has 5 nitrogen and oxygen atoms in total. The molecule has 0 fully saturated rings. The first-order valence-electron chi connectivity index (χ1n) is 5.89. The van der Waals surface area contributed by atoms with E-state index in [2.05, 4.69) is 26.0 Å². The topological polar surface area (TPSA) is 71.3 Å². The third-order valence-electron chi connectivity index (χ3n) is 2.68. The SMILES string of the molecule is CNCc1cc(S(=O)(=O)NCc2sccc2Br)c(C)o1. The zero-order chi connectivity index (χ0) is 14.8. The van der Waals surface area contributed by atoms with E-state index in [0.29, 0.717) is 18.1 Å². The van der Waals surface area contributed by atoms with Crippen LogP contribution in [0.5, 0.6) is 0 Å². The summed E-state index contributed by atoms with van der Waals surface area (Å²) in [4.78, 5) is 1.13. The van der Waals surface area contributed by atoms with Gasteiger partial charge in [-0.3, -0.25) is 0 Å². The molecule has 0 radical (unpaired) electrons. The van der Waals surface area contributed by atoms with Gasteiger partial charge < -0.3 is 9.73 Å². The van der Waals surface area contributed by atoms with Crippen molar-refractivity contribution in [2.45, 2.75) is 24.9 Å².